The fourth-order valence-corrected chi connectivity index (χ4v) is 4.48. The molecule has 1 aromatic heterocycles. The number of fused-ring (bicyclic) bond motifs is 1. The molecule has 1 amide bonds. The minimum Gasteiger partial charge on any atom is -0.495 e. The van der Waals surface area contributed by atoms with Gasteiger partial charge in [-0.05, 0) is 55.5 Å². The van der Waals surface area contributed by atoms with E-state index >= 15 is 0 Å². The number of para-hydroxylation sites is 1. The van der Waals surface area contributed by atoms with Crippen molar-refractivity contribution in [1.29, 1.82) is 0 Å². The number of ether oxygens (including phenoxy) is 3. The minimum atomic E-state index is -0.321. The van der Waals surface area contributed by atoms with Gasteiger partial charge in [-0.1, -0.05) is 29.5 Å². The molecule has 0 atom stereocenters. The maximum Gasteiger partial charge on any atom is 0.279 e. The highest BCUT2D eigenvalue weighted by Crippen LogP contribution is 2.35. The molecule has 6 nitrogen and oxygen atoms in total. The van der Waals surface area contributed by atoms with E-state index in [9.17, 15) is 4.79 Å². The zero-order valence-corrected chi connectivity index (χ0v) is 18.3. The van der Waals surface area contributed by atoms with Crippen molar-refractivity contribution < 1.29 is 19.0 Å². The Morgan fingerprint density at radius 3 is 2.19 bits per heavy atom. The van der Waals surface area contributed by atoms with Crippen molar-refractivity contribution in [2.75, 3.05) is 14.2 Å². The Morgan fingerprint density at radius 1 is 0.903 bits per heavy atom. The number of nitrogens with zero attached hydrogens (tertiary/aromatic N) is 2. The van der Waals surface area contributed by atoms with Crippen LogP contribution in [-0.2, 0) is 6.54 Å². The number of thiazole rings is 1. The van der Waals surface area contributed by atoms with Crippen molar-refractivity contribution in [2.24, 2.45) is 4.99 Å². The molecule has 4 aromatic rings. The summed E-state index contributed by atoms with van der Waals surface area (Å²) in [4.78, 5) is 17.8. The summed E-state index contributed by atoms with van der Waals surface area (Å²) in [6, 6.07) is 20.2. The quantitative estimate of drug-likeness (QED) is 0.415. The maximum absolute atomic E-state index is 12.9. The van der Waals surface area contributed by atoms with Gasteiger partial charge in [0.25, 0.3) is 5.91 Å². The Labute approximate surface area is 184 Å². The molecule has 31 heavy (non-hydrogen) atoms. The summed E-state index contributed by atoms with van der Waals surface area (Å²) in [6.07, 6.45) is 0. The molecule has 0 aliphatic carbocycles. The standard InChI is InChI=1S/C24H22N2O4S/c1-4-26-21-19(28-2)14-15-20(29-3)22(21)31-24(26)25-23(27)16-10-12-18(13-11-16)30-17-8-6-5-7-9-17/h5-15H,4H2,1-3H3. The Hall–Kier alpha value is -3.58. The smallest absolute Gasteiger partial charge is 0.279 e. The predicted molar refractivity (Wildman–Crippen MR) is 121 cm³/mol. The second kappa shape index (κ2) is 9.06. The van der Waals surface area contributed by atoms with Gasteiger partial charge in [-0.25, -0.2) is 0 Å². The number of amides is 1. The fourth-order valence-electron chi connectivity index (χ4n) is 3.27. The number of aryl methyl sites for hydroxylation is 1. The van der Waals surface area contributed by atoms with E-state index in [-0.39, 0.29) is 5.91 Å². The number of rotatable bonds is 6. The molecule has 0 unspecified atom stereocenters. The number of hydrogen-bond donors (Lipinski definition) is 0. The molecule has 0 aliphatic heterocycles. The van der Waals surface area contributed by atoms with Crippen LogP contribution in [0.2, 0.25) is 0 Å². The molecule has 0 N–H and O–H groups in total. The monoisotopic (exact) mass is 434 g/mol. The maximum atomic E-state index is 12.9. The molecule has 3 aromatic carbocycles. The lowest BCUT2D eigenvalue weighted by atomic mass is 10.2. The SMILES string of the molecule is CCn1c(=NC(=O)c2ccc(Oc3ccccc3)cc2)sc2c(OC)ccc(OC)c21. The van der Waals surface area contributed by atoms with Crippen LogP contribution in [0.25, 0.3) is 10.2 Å². The summed E-state index contributed by atoms with van der Waals surface area (Å²) in [5.41, 5.74) is 1.35. The molecule has 7 heteroatoms. The van der Waals surface area contributed by atoms with Crippen molar-refractivity contribution in [3.8, 4) is 23.0 Å². The highest BCUT2D eigenvalue weighted by molar-refractivity contribution is 7.16. The first-order valence-corrected chi connectivity index (χ1v) is 10.6. The van der Waals surface area contributed by atoms with E-state index in [2.05, 4.69) is 4.99 Å². The Balaban J connectivity index is 1.69. The van der Waals surface area contributed by atoms with E-state index < -0.39 is 0 Å². The van der Waals surface area contributed by atoms with E-state index in [4.69, 9.17) is 14.2 Å². The Morgan fingerprint density at radius 2 is 1.55 bits per heavy atom. The minimum absolute atomic E-state index is 0.321. The molecule has 0 bridgehead atoms. The summed E-state index contributed by atoms with van der Waals surface area (Å²) < 4.78 is 19.7. The molecule has 0 saturated carbocycles. The number of carbonyl (C=O) groups excluding carboxylic acids is 1. The van der Waals surface area contributed by atoms with Crippen molar-refractivity contribution in [3.05, 3.63) is 77.1 Å². The molecule has 0 saturated heterocycles. The average molecular weight is 435 g/mol. The van der Waals surface area contributed by atoms with Gasteiger partial charge in [0.15, 0.2) is 4.80 Å². The van der Waals surface area contributed by atoms with E-state index in [1.165, 1.54) is 11.3 Å². The first-order valence-electron chi connectivity index (χ1n) is 9.81. The third kappa shape index (κ3) is 4.18. The van der Waals surface area contributed by atoms with E-state index in [1.54, 1.807) is 38.5 Å². The van der Waals surface area contributed by atoms with Gasteiger partial charge in [-0.15, -0.1) is 0 Å². The van der Waals surface area contributed by atoms with Gasteiger partial charge in [0.2, 0.25) is 0 Å². The second-order valence-electron chi connectivity index (χ2n) is 6.63. The van der Waals surface area contributed by atoms with Crippen LogP contribution in [0.5, 0.6) is 23.0 Å². The zero-order valence-electron chi connectivity index (χ0n) is 17.5. The number of benzene rings is 3. The van der Waals surface area contributed by atoms with E-state index in [0.29, 0.717) is 28.4 Å². The molecular weight excluding hydrogens is 412 g/mol. The van der Waals surface area contributed by atoms with Crippen LogP contribution in [-0.4, -0.2) is 24.7 Å². The summed E-state index contributed by atoms with van der Waals surface area (Å²) in [5, 5.41) is 0. The van der Waals surface area contributed by atoms with Crippen LogP contribution in [0.3, 0.4) is 0 Å². The lowest BCUT2D eigenvalue weighted by Crippen LogP contribution is -2.16. The number of methoxy groups -OCH3 is 2. The van der Waals surface area contributed by atoms with Gasteiger partial charge in [0.05, 0.1) is 14.2 Å². The first kappa shape index (κ1) is 20.7. The summed E-state index contributed by atoms with van der Waals surface area (Å²) in [5.74, 6) is 2.51. The molecule has 0 radical (unpaired) electrons. The largest absolute Gasteiger partial charge is 0.495 e. The van der Waals surface area contributed by atoms with E-state index in [1.807, 2.05) is 54.0 Å². The van der Waals surface area contributed by atoms with Gasteiger partial charge in [-0.3, -0.25) is 4.79 Å². The third-order valence-corrected chi connectivity index (χ3v) is 5.88. The molecule has 4 rings (SSSR count). The number of aromatic nitrogens is 1. The van der Waals surface area contributed by atoms with Gasteiger partial charge in [-0.2, -0.15) is 4.99 Å². The van der Waals surface area contributed by atoms with Crippen molar-refractivity contribution in [2.45, 2.75) is 13.5 Å². The zero-order chi connectivity index (χ0) is 21.8. The summed E-state index contributed by atoms with van der Waals surface area (Å²) >= 11 is 1.40. The molecule has 158 valence electrons. The molecular formula is C24H22N2O4S. The topological polar surface area (TPSA) is 62.1 Å². The Kier molecular flexibility index (Phi) is 6.04. The third-order valence-electron chi connectivity index (χ3n) is 4.79. The van der Waals surface area contributed by atoms with Crippen molar-refractivity contribution >= 4 is 27.5 Å². The van der Waals surface area contributed by atoms with Crippen LogP contribution in [0.1, 0.15) is 17.3 Å². The van der Waals surface area contributed by atoms with Gasteiger partial charge in [0.1, 0.15) is 33.2 Å². The highest BCUT2D eigenvalue weighted by atomic mass is 32.1. The average Bonchev–Trinajstić information content (AvgIpc) is 3.17. The van der Waals surface area contributed by atoms with Crippen LogP contribution in [0, 0.1) is 0 Å². The molecule has 0 fully saturated rings. The molecule has 1 heterocycles. The van der Waals surface area contributed by atoms with Gasteiger partial charge >= 0.3 is 0 Å². The van der Waals surface area contributed by atoms with Crippen LogP contribution in [0.15, 0.2) is 71.7 Å². The number of carbonyl (C=O) groups is 1. The van der Waals surface area contributed by atoms with Crippen LogP contribution >= 0.6 is 11.3 Å². The summed E-state index contributed by atoms with van der Waals surface area (Å²) in [7, 11) is 3.25. The van der Waals surface area contributed by atoms with Crippen LogP contribution < -0.4 is 19.0 Å². The van der Waals surface area contributed by atoms with E-state index in [0.717, 1.165) is 21.7 Å². The lowest BCUT2D eigenvalue weighted by Gasteiger charge is -2.08. The Bertz CT molecular complexity index is 1270. The van der Waals surface area contributed by atoms with Gasteiger partial charge in [0, 0.05) is 12.1 Å². The predicted octanol–water partition coefficient (Wildman–Crippen LogP) is 5.27. The summed E-state index contributed by atoms with van der Waals surface area (Å²) in [6.45, 7) is 2.64. The molecule has 0 aliphatic rings. The van der Waals surface area contributed by atoms with Crippen molar-refractivity contribution in [1.82, 2.24) is 4.57 Å². The highest BCUT2D eigenvalue weighted by Gasteiger charge is 2.16. The van der Waals surface area contributed by atoms with Crippen molar-refractivity contribution in [3.63, 3.8) is 0 Å². The van der Waals surface area contributed by atoms with Gasteiger partial charge < -0.3 is 18.8 Å². The molecule has 0 spiro atoms. The lowest BCUT2D eigenvalue weighted by molar-refractivity contribution is 0.0998. The van der Waals surface area contributed by atoms with Crippen LogP contribution in [0.4, 0.5) is 0 Å². The first-order chi connectivity index (χ1) is 15.1. The number of hydrogen-bond acceptors (Lipinski definition) is 5. The normalized spacial score (nSPS) is 11.5. The second-order valence-corrected chi connectivity index (χ2v) is 7.61. The fraction of sp³-hybridized carbons (Fsp3) is 0.167.